The zero-order valence-corrected chi connectivity index (χ0v) is 19.7. The summed E-state index contributed by atoms with van der Waals surface area (Å²) in [5.41, 5.74) is 8.80. The number of carbonyl (C=O) groups excluding carboxylic acids is 2. The number of carbonyl (C=O) groups is 2. The summed E-state index contributed by atoms with van der Waals surface area (Å²) in [5.74, 6) is 0.795. The first-order valence-corrected chi connectivity index (χ1v) is 11.6. The largest absolute Gasteiger partial charge is 0.371 e. The number of benzene rings is 1. The number of aromatic nitrogens is 2. The van der Waals surface area contributed by atoms with Gasteiger partial charge >= 0.3 is 0 Å². The zero-order chi connectivity index (χ0) is 24.1. The zero-order valence-electron chi connectivity index (χ0n) is 19.7. The highest BCUT2D eigenvalue weighted by molar-refractivity contribution is 6.13. The molecule has 10 heteroatoms. The van der Waals surface area contributed by atoms with Crippen LogP contribution in [-0.2, 0) is 11.3 Å². The Labute approximate surface area is 199 Å². The van der Waals surface area contributed by atoms with E-state index in [4.69, 9.17) is 10.7 Å². The number of allylic oxidation sites excluding steroid dienone is 2. The Hall–Kier alpha value is -3.66. The summed E-state index contributed by atoms with van der Waals surface area (Å²) in [4.78, 5) is 36.8. The van der Waals surface area contributed by atoms with E-state index < -0.39 is 0 Å². The van der Waals surface area contributed by atoms with Crippen LogP contribution in [0.15, 0.2) is 41.4 Å². The predicted octanol–water partition coefficient (Wildman–Crippen LogP) is 1.60. The van der Waals surface area contributed by atoms with Crippen molar-refractivity contribution in [1.29, 1.82) is 0 Å². The molecule has 0 bridgehead atoms. The molecule has 2 aliphatic heterocycles. The molecule has 1 atom stereocenters. The van der Waals surface area contributed by atoms with Crippen molar-refractivity contribution in [3.05, 3.63) is 47.7 Å². The quantitative estimate of drug-likeness (QED) is 0.461. The first-order valence-electron chi connectivity index (χ1n) is 11.6. The van der Waals surface area contributed by atoms with Crippen LogP contribution in [0.4, 0.5) is 17.5 Å². The third-order valence-electron chi connectivity index (χ3n) is 6.01. The second-order valence-electron chi connectivity index (χ2n) is 8.43. The molecule has 180 valence electrons. The van der Waals surface area contributed by atoms with Gasteiger partial charge in [0.25, 0.3) is 5.91 Å². The molecule has 1 aromatic carbocycles. The average molecular weight is 465 g/mol. The molecule has 0 radical (unpaired) electrons. The fourth-order valence-electron chi connectivity index (χ4n) is 4.35. The molecule has 34 heavy (non-hydrogen) atoms. The third-order valence-corrected chi connectivity index (χ3v) is 6.01. The summed E-state index contributed by atoms with van der Waals surface area (Å²) in [6.45, 7) is 4.21. The highest BCUT2D eigenvalue weighted by Crippen LogP contribution is 2.26. The number of aliphatic imine (C=N–C) groups is 1. The van der Waals surface area contributed by atoms with E-state index in [2.05, 4.69) is 25.8 Å². The van der Waals surface area contributed by atoms with E-state index in [0.29, 0.717) is 36.0 Å². The smallest absolute Gasteiger partial charge is 0.272 e. The van der Waals surface area contributed by atoms with Crippen LogP contribution in [0.2, 0.25) is 0 Å². The number of benzodiazepines with no additional fused rings is 1. The molecule has 0 aliphatic carbocycles. The standard InChI is InChI=1S/C24H32N8O2/c1-3-4-12-32-21(22(26-2)30-24(32)31-11-7-8-16(25)15-31)23(34)28-13-19-17-9-5-6-10-18(17)29-20(33)14-27-19/h3-6,9-10,16,26H,7-8,11-15,25H2,1-2H3,(H,28,34)(H,29,33)/b4-3+/t16-/m1/s1. The Kier molecular flexibility index (Phi) is 7.27. The molecule has 2 aliphatic rings. The Bertz CT molecular complexity index is 1120. The minimum absolute atomic E-state index is 0.0141. The molecular weight excluding hydrogens is 432 g/mol. The number of rotatable bonds is 7. The maximum Gasteiger partial charge on any atom is 0.272 e. The van der Waals surface area contributed by atoms with Gasteiger partial charge in [0.05, 0.1) is 12.3 Å². The molecule has 0 saturated carbocycles. The summed E-state index contributed by atoms with van der Waals surface area (Å²) in [5, 5.41) is 8.92. The number of anilines is 3. The number of nitrogens with zero attached hydrogens (tertiary/aromatic N) is 4. The number of para-hydroxylation sites is 1. The highest BCUT2D eigenvalue weighted by Gasteiger charge is 2.28. The molecule has 10 nitrogen and oxygen atoms in total. The summed E-state index contributed by atoms with van der Waals surface area (Å²) in [6.07, 6.45) is 5.92. The molecular formula is C24H32N8O2. The van der Waals surface area contributed by atoms with E-state index >= 15 is 0 Å². The van der Waals surface area contributed by atoms with Crippen molar-refractivity contribution in [3.63, 3.8) is 0 Å². The van der Waals surface area contributed by atoms with Gasteiger partial charge in [0.15, 0.2) is 11.5 Å². The summed E-state index contributed by atoms with van der Waals surface area (Å²) in [7, 11) is 1.76. The van der Waals surface area contributed by atoms with Crippen molar-refractivity contribution < 1.29 is 9.59 Å². The van der Waals surface area contributed by atoms with Crippen LogP contribution in [0.1, 0.15) is 35.8 Å². The Morgan fingerprint density at radius 3 is 2.94 bits per heavy atom. The third kappa shape index (κ3) is 4.96. The Balaban J connectivity index is 1.62. The van der Waals surface area contributed by atoms with Gasteiger partial charge in [0, 0.05) is 44.0 Å². The second kappa shape index (κ2) is 10.5. The molecule has 2 aromatic rings. The number of hydrogen-bond acceptors (Lipinski definition) is 7. The lowest BCUT2D eigenvalue weighted by atomic mass is 10.1. The number of piperidine rings is 1. The average Bonchev–Trinajstić information content (AvgIpc) is 3.13. The van der Waals surface area contributed by atoms with Gasteiger partial charge in [0.2, 0.25) is 11.9 Å². The van der Waals surface area contributed by atoms with Crippen molar-refractivity contribution in [2.45, 2.75) is 32.4 Å². The van der Waals surface area contributed by atoms with Crippen molar-refractivity contribution in [1.82, 2.24) is 14.9 Å². The molecule has 2 amide bonds. The fourth-order valence-corrected chi connectivity index (χ4v) is 4.35. The molecule has 1 saturated heterocycles. The SMILES string of the molecule is C/C=C/Cn1c(N2CCC[C@@H](N)C2)nc(NC)c1C(=O)NCC1=NCC(=O)Nc2ccccc21. The van der Waals surface area contributed by atoms with E-state index in [1.807, 2.05) is 47.9 Å². The van der Waals surface area contributed by atoms with Crippen LogP contribution in [0.25, 0.3) is 0 Å². The van der Waals surface area contributed by atoms with Gasteiger partial charge in [-0.15, -0.1) is 0 Å². The Morgan fingerprint density at radius 2 is 2.18 bits per heavy atom. The number of amides is 2. The van der Waals surface area contributed by atoms with Gasteiger partial charge in [-0.05, 0) is 25.8 Å². The number of nitrogens with two attached hydrogens (primary N) is 1. The van der Waals surface area contributed by atoms with Gasteiger partial charge in [-0.3, -0.25) is 14.6 Å². The first kappa shape index (κ1) is 23.5. The minimum Gasteiger partial charge on any atom is -0.371 e. The number of fused-ring (bicyclic) bond motifs is 1. The monoisotopic (exact) mass is 464 g/mol. The lowest BCUT2D eigenvalue weighted by Crippen LogP contribution is -2.44. The summed E-state index contributed by atoms with van der Waals surface area (Å²) >= 11 is 0. The molecule has 4 rings (SSSR count). The van der Waals surface area contributed by atoms with Gasteiger partial charge in [-0.25, -0.2) is 0 Å². The maximum absolute atomic E-state index is 13.5. The minimum atomic E-state index is -0.266. The van der Waals surface area contributed by atoms with Crippen molar-refractivity contribution >= 4 is 35.0 Å². The molecule has 5 N–H and O–H groups in total. The first-order chi connectivity index (χ1) is 16.5. The fraction of sp³-hybridized carbons (Fsp3) is 0.417. The normalized spacial score (nSPS) is 18.2. The molecule has 1 aromatic heterocycles. The van der Waals surface area contributed by atoms with E-state index in [1.54, 1.807) is 7.05 Å². The van der Waals surface area contributed by atoms with E-state index in [-0.39, 0.29) is 30.9 Å². The van der Waals surface area contributed by atoms with Crippen LogP contribution in [0, 0.1) is 0 Å². The number of nitrogens with one attached hydrogen (secondary N) is 3. The van der Waals surface area contributed by atoms with E-state index in [0.717, 1.165) is 30.9 Å². The van der Waals surface area contributed by atoms with Gasteiger partial charge in [-0.1, -0.05) is 30.4 Å². The summed E-state index contributed by atoms with van der Waals surface area (Å²) in [6, 6.07) is 7.54. The Morgan fingerprint density at radius 1 is 1.35 bits per heavy atom. The maximum atomic E-state index is 13.5. The predicted molar refractivity (Wildman–Crippen MR) is 135 cm³/mol. The van der Waals surface area contributed by atoms with Gasteiger partial charge in [-0.2, -0.15) is 4.98 Å². The lowest BCUT2D eigenvalue weighted by Gasteiger charge is -2.31. The van der Waals surface area contributed by atoms with E-state index in [1.165, 1.54) is 0 Å². The molecule has 1 fully saturated rings. The molecule has 0 spiro atoms. The van der Waals surface area contributed by atoms with Crippen molar-refractivity contribution in [3.8, 4) is 0 Å². The highest BCUT2D eigenvalue weighted by atomic mass is 16.2. The van der Waals surface area contributed by atoms with Crippen molar-refractivity contribution in [2.24, 2.45) is 10.7 Å². The van der Waals surface area contributed by atoms with Crippen LogP contribution in [0.3, 0.4) is 0 Å². The van der Waals surface area contributed by atoms with Gasteiger partial charge < -0.3 is 31.2 Å². The van der Waals surface area contributed by atoms with Crippen LogP contribution < -0.4 is 26.6 Å². The number of hydrogen-bond donors (Lipinski definition) is 4. The second-order valence-corrected chi connectivity index (χ2v) is 8.43. The van der Waals surface area contributed by atoms with E-state index in [9.17, 15) is 9.59 Å². The van der Waals surface area contributed by atoms with Crippen molar-refractivity contribution in [2.75, 3.05) is 48.8 Å². The number of imidazole rings is 1. The summed E-state index contributed by atoms with van der Waals surface area (Å²) < 4.78 is 1.92. The molecule has 3 heterocycles. The van der Waals surface area contributed by atoms with Crippen LogP contribution in [-0.4, -0.2) is 66.3 Å². The van der Waals surface area contributed by atoms with Crippen LogP contribution in [0.5, 0.6) is 0 Å². The topological polar surface area (TPSA) is 130 Å². The van der Waals surface area contributed by atoms with Gasteiger partial charge in [0.1, 0.15) is 6.54 Å². The molecule has 0 unspecified atom stereocenters. The van der Waals surface area contributed by atoms with Crippen LogP contribution >= 0.6 is 0 Å². The lowest BCUT2D eigenvalue weighted by molar-refractivity contribution is -0.114.